The first-order valence-electron chi connectivity index (χ1n) is 8.26. The Morgan fingerprint density at radius 1 is 1.22 bits per heavy atom. The van der Waals surface area contributed by atoms with Gasteiger partial charge in [-0.2, -0.15) is 0 Å². The van der Waals surface area contributed by atoms with Gasteiger partial charge in [-0.15, -0.1) is 0 Å². The first-order valence-corrected chi connectivity index (χ1v) is 8.26. The lowest BCUT2D eigenvalue weighted by molar-refractivity contribution is -0.158. The van der Waals surface area contributed by atoms with Gasteiger partial charge in [0, 0.05) is 6.07 Å². The van der Waals surface area contributed by atoms with Gasteiger partial charge in [0.15, 0.2) is 0 Å². The highest BCUT2D eigenvalue weighted by Gasteiger charge is 2.29. The number of benzene rings is 1. The third kappa shape index (κ3) is 5.56. The van der Waals surface area contributed by atoms with Crippen LogP contribution in [0.5, 0.6) is 0 Å². The number of ether oxygens (including phenoxy) is 1. The number of rotatable bonds is 6. The maximum Gasteiger partial charge on any atom is 0.329 e. The zero-order valence-electron chi connectivity index (χ0n) is 15.3. The second-order valence-electron chi connectivity index (χ2n) is 6.91. The molecule has 0 saturated heterocycles. The highest BCUT2D eigenvalue weighted by molar-refractivity contribution is 5.96. The molecular formula is C18H22N4O5. The molecule has 0 radical (unpaired) electrons. The largest absolute Gasteiger partial charge is 0.458 e. The first-order chi connectivity index (χ1) is 12.6. The number of amides is 2. The van der Waals surface area contributed by atoms with Crippen LogP contribution in [0.25, 0.3) is 5.69 Å². The zero-order valence-corrected chi connectivity index (χ0v) is 15.3. The van der Waals surface area contributed by atoms with Crippen LogP contribution in [-0.4, -0.2) is 39.2 Å². The number of aromatic amines is 1. The Hall–Kier alpha value is -3.36. The number of nitrogens with two attached hydrogens (primary N) is 1. The highest BCUT2D eigenvalue weighted by atomic mass is 16.6. The van der Waals surface area contributed by atoms with E-state index in [2.05, 4.69) is 10.4 Å². The minimum absolute atomic E-state index is 0.0677. The van der Waals surface area contributed by atoms with Crippen LogP contribution in [-0.2, 0) is 14.3 Å². The molecule has 9 nitrogen and oxygen atoms in total. The van der Waals surface area contributed by atoms with Crippen molar-refractivity contribution in [3.05, 3.63) is 52.4 Å². The first kappa shape index (κ1) is 20.0. The van der Waals surface area contributed by atoms with E-state index in [0.29, 0.717) is 5.69 Å². The molecule has 27 heavy (non-hydrogen) atoms. The van der Waals surface area contributed by atoms with Crippen molar-refractivity contribution in [1.29, 1.82) is 0 Å². The Morgan fingerprint density at radius 2 is 1.85 bits per heavy atom. The average molecular weight is 374 g/mol. The minimum atomic E-state index is -1.27. The maximum absolute atomic E-state index is 12.4. The summed E-state index contributed by atoms with van der Waals surface area (Å²) in [4.78, 5) is 48.0. The van der Waals surface area contributed by atoms with Crippen LogP contribution in [0, 0.1) is 0 Å². The molecular weight excluding hydrogens is 352 g/mol. The molecule has 2 aromatic rings. The molecule has 1 heterocycles. The van der Waals surface area contributed by atoms with E-state index in [-0.39, 0.29) is 5.69 Å². The monoisotopic (exact) mass is 374 g/mol. The van der Waals surface area contributed by atoms with Gasteiger partial charge in [0.2, 0.25) is 5.91 Å². The summed E-state index contributed by atoms with van der Waals surface area (Å²) < 4.78 is 6.38. The minimum Gasteiger partial charge on any atom is -0.458 e. The third-order valence-electron chi connectivity index (χ3n) is 3.38. The molecule has 1 aromatic carbocycles. The molecule has 0 aliphatic carbocycles. The third-order valence-corrected chi connectivity index (χ3v) is 3.38. The van der Waals surface area contributed by atoms with Crippen molar-refractivity contribution in [2.75, 3.05) is 0 Å². The fourth-order valence-corrected chi connectivity index (χ4v) is 2.28. The van der Waals surface area contributed by atoms with E-state index >= 15 is 0 Å². The summed E-state index contributed by atoms with van der Waals surface area (Å²) in [5.41, 5.74) is 4.38. The van der Waals surface area contributed by atoms with Gasteiger partial charge >= 0.3 is 5.97 Å². The number of primary amides is 1. The lowest BCUT2D eigenvalue weighted by Crippen LogP contribution is -2.46. The molecule has 0 aliphatic heterocycles. The Labute approximate surface area is 155 Å². The Morgan fingerprint density at radius 3 is 2.41 bits per heavy atom. The van der Waals surface area contributed by atoms with Crippen LogP contribution < -0.4 is 16.6 Å². The van der Waals surface area contributed by atoms with Crippen molar-refractivity contribution in [2.45, 2.75) is 38.8 Å². The molecule has 1 unspecified atom stereocenters. The lowest BCUT2D eigenvalue weighted by atomic mass is 10.1. The van der Waals surface area contributed by atoms with Crippen LogP contribution in [0.15, 0.2) is 41.2 Å². The summed E-state index contributed by atoms with van der Waals surface area (Å²) in [5.74, 6) is -2.31. The van der Waals surface area contributed by atoms with Gasteiger partial charge in [-0.1, -0.05) is 18.2 Å². The van der Waals surface area contributed by atoms with Gasteiger partial charge in [-0.05, 0) is 32.9 Å². The van der Waals surface area contributed by atoms with Crippen LogP contribution in [0.4, 0.5) is 0 Å². The summed E-state index contributed by atoms with van der Waals surface area (Å²) in [6.07, 6.45) is -0.426. The number of carbonyl (C=O) groups is 3. The summed E-state index contributed by atoms with van der Waals surface area (Å²) in [6.45, 7) is 4.97. The second kappa shape index (κ2) is 7.90. The zero-order chi connectivity index (χ0) is 20.2. The smallest absolute Gasteiger partial charge is 0.329 e. The summed E-state index contributed by atoms with van der Waals surface area (Å²) >= 11 is 0. The Bertz CT molecular complexity index is 892. The SMILES string of the molecule is CC(C)(C)OC(=O)C(CC(N)=O)NC(=O)c1cc(=O)n(-c2ccccc2)[nH]1. The molecule has 0 fully saturated rings. The summed E-state index contributed by atoms with van der Waals surface area (Å²) in [6, 6.07) is 8.49. The fourth-order valence-electron chi connectivity index (χ4n) is 2.28. The van der Waals surface area contributed by atoms with E-state index < -0.39 is 41.4 Å². The van der Waals surface area contributed by atoms with Gasteiger partial charge in [0.1, 0.15) is 17.3 Å². The van der Waals surface area contributed by atoms with Crippen molar-refractivity contribution < 1.29 is 19.1 Å². The van der Waals surface area contributed by atoms with E-state index in [4.69, 9.17) is 10.5 Å². The normalized spacial score (nSPS) is 12.3. The number of H-pyrrole nitrogens is 1. The number of nitrogens with one attached hydrogen (secondary N) is 2. The predicted octanol–water partition coefficient (Wildman–Crippen LogP) is 0.481. The number of nitrogens with zero attached hydrogens (tertiary/aromatic N) is 1. The molecule has 0 saturated carbocycles. The Balaban J connectivity index is 2.21. The highest BCUT2D eigenvalue weighted by Crippen LogP contribution is 2.10. The number of aromatic nitrogens is 2. The van der Waals surface area contributed by atoms with E-state index in [0.717, 1.165) is 6.07 Å². The maximum atomic E-state index is 12.4. The van der Waals surface area contributed by atoms with E-state index in [1.54, 1.807) is 51.1 Å². The number of hydrogen-bond acceptors (Lipinski definition) is 5. The quantitative estimate of drug-likeness (QED) is 0.632. The van der Waals surface area contributed by atoms with Crippen LogP contribution >= 0.6 is 0 Å². The molecule has 2 rings (SSSR count). The molecule has 1 atom stereocenters. The van der Waals surface area contributed by atoms with Crippen molar-refractivity contribution in [3.63, 3.8) is 0 Å². The molecule has 2 amide bonds. The number of hydrogen-bond donors (Lipinski definition) is 3. The molecule has 0 spiro atoms. The van der Waals surface area contributed by atoms with Crippen LogP contribution in [0.2, 0.25) is 0 Å². The number of para-hydroxylation sites is 1. The molecule has 4 N–H and O–H groups in total. The van der Waals surface area contributed by atoms with Gasteiger partial charge in [0.05, 0.1) is 12.1 Å². The molecule has 0 bridgehead atoms. The van der Waals surface area contributed by atoms with E-state index in [1.165, 1.54) is 4.68 Å². The summed E-state index contributed by atoms with van der Waals surface area (Å²) in [7, 11) is 0. The second-order valence-corrected chi connectivity index (χ2v) is 6.91. The summed E-state index contributed by atoms with van der Waals surface area (Å²) in [5, 5.41) is 5.05. The molecule has 9 heteroatoms. The van der Waals surface area contributed by atoms with Crippen molar-refractivity contribution >= 4 is 17.8 Å². The standard InChI is InChI=1S/C18H22N4O5/c1-18(2,3)27-17(26)13(9-14(19)23)20-16(25)12-10-15(24)22(21-12)11-7-5-4-6-8-11/h4-8,10,13,21H,9H2,1-3H3,(H2,19,23)(H,20,25). The molecule has 0 aliphatic rings. The fraction of sp³-hybridized carbons (Fsp3) is 0.333. The topological polar surface area (TPSA) is 136 Å². The van der Waals surface area contributed by atoms with E-state index in [1.807, 2.05) is 0 Å². The number of esters is 1. The van der Waals surface area contributed by atoms with Gasteiger partial charge in [-0.25, -0.2) is 9.48 Å². The van der Waals surface area contributed by atoms with Gasteiger partial charge in [-0.3, -0.25) is 19.5 Å². The average Bonchev–Trinajstić information content (AvgIpc) is 2.95. The van der Waals surface area contributed by atoms with Crippen LogP contribution in [0.1, 0.15) is 37.7 Å². The van der Waals surface area contributed by atoms with Crippen molar-refractivity contribution in [2.24, 2.45) is 5.73 Å². The predicted molar refractivity (Wildman–Crippen MR) is 97.3 cm³/mol. The van der Waals surface area contributed by atoms with Crippen molar-refractivity contribution in [3.8, 4) is 5.69 Å². The van der Waals surface area contributed by atoms with Gasteiger partial charge < -0.3 is 15.8 Å². The van der Waals surface area contributed by atoms with Gasteiger partial charge in [0.25, 0.3) is 11.5 Å². The molecule has 1 aromatic heterocycles. The molecule has 144 valence electrons. The number of carbonyl (C=O) groups excluding carboxylic acids is 3. The van der Waals surface area contributed by atoms with Crippen LogP contribution in [0.3, 0.4) is 0 Å². The van der Waals surface area contributed by atoms with Crippen molar-refractivity contribution in [1.82, 2.24) is 15.1 Å². The Kier molecular flexibility index (Phi) is 5.84. The van der Waals surface area contributed by atoms with E-state index in [9.17, 15) is 19.2 Å². The lowest BCUT2D eigenvalue weighted by Gasteiger charge is -2.23.